The predicted molar refractivity (Wildman–Crippen MR) is 143 cm³/mol. The summed E-state index contributed by atoms with van der Waals surface area (Å²) < 4.78 is 1.11. The summed E-state index contributed by atoms with van der Waals surface area (Å²) in [5.41, 5.74) is 4.91. The monoisotopic (exact) mass is 561 g/mol. The van der Waals surface area contributed by atoms with Gasteiger partial charge in [-0.1, -0.05) is 60.7 Å². The van der Waals surface area contributed by atoms with Gasteiger partial charge in [-0.25, -0.2) is 4.98 Å². The van der Waals surface area contributed by atoms with E-state index in [1.54, 1.807) is 0 Å². The van der Waals surface area contributed by atoms with Crippen molar-refractivity contribution >= 4 is 45.9 Å². The second-order valence-corrected chi connectivity index (χ2v) is 9.56. The highest BCUT2D eigenvalue weighted by atomic mass is 127. The maximum Gasteiger partial charge on any atom is 0.225 e. The lowest BCUT2D eigenvalue weighted by Crippen LogP contribution is -2.12. The number of anilines is 1. The van der Waals surface area contributed by atoms with Crippen molar-refractivity contribution in [3.8, 4) is 28.5 Å². The summed E-state index contributed by atoms with van der Waals surface area (Å²) in [4.78, 5) is 17.2. The summed E-state index contributed by atoms with van der Waals surface area (Å²) in [5.74, 6) is 0.453. The molecule has 0 fully saturated rings. The van der Waals surface area contributed by atoms with Crippen LogP contribution in [0.5, 0.6) is 0 Å². The van der Waals surface area contributed by atoms with E-state index in [-0.39, 0.29) is 5.91 Å². The van der Waals surface area contributed by atoms with Crippen LogP contribution in [0.4, 0.5) is 5.69 Å². The Balaban J connectivity index is 1.58. The fourth-order valence-corrected chi connectivity index (χ4v) is 4.64. The number of nitrogens with zero attached hydrogens (tertiary/aromatic N) is 2. The Morgan fingerprint density at radius 1 is 0.939 bits per heavy atom. The van der Waals surface area contributed by atoms with Crippen molar-refractivity contribution in [1.82, 2.24) is 4.98 Å². The van der Waals surface area contributed by atoms with Gasteiger partial charge in [0.25, 0.3) is 0 Å². The summed E-state index contributed by atoms with van der Waals surface area (Å²) >= 11 is 3.66. The Bertz CT molecular complexity index is 1290. The highest BCUT2D eigenvalue weighted by molar-refractivity contribution is 14.1. The number of carbonyl (C=O) groups is 1. The van der Waals surface area contributed by atoms with Crippen molar-refractivity contribution in [3.63, 3.8) is 0 Å². The number of rotatable bonds is 7. The van der Waals surface area contributed by atoms with Gasteiger partial charge in [-0.05, 0) is 58.5 Å². The number of hydrogen-bond acceptors (Lipinski definition) is 4. The van der Waals surface area contributed by atoms with Crippen molar-refractivity contribution in [3.05, 3.63) is 100 Å². The van der Waals surface area contributed by atoms with Crippen LogP contribution in [0.1, 0.15) is 12.0 Å². The number of carbonyl (C=O) groups excluding carboxylic acids is 1. The second-order valence-electron chi connectivity index (χ2n) is 7.23. The van der Waals surface area contributed by atoms with Crippen LogP contribution < -0.4 is 5.32 Å². The van der Waals surface area contributed by atoms with E-state index in [0.29, 0.717) is 22.8 Å². The molecule has 1 N–H and O–H groups in total. The van der Waals surface area contributed by atoms with Gasteiger partial charge in [-0.2, -0.15) is 5.26 Å². The minimum Gasteiger partial charge on any atom is -0.326 e. The standard InChI is InChI=1S/C27H20IN3OS/c28-21-11-13-22(14-12-21)30-26(32)15-16-33-27-24(18-29)23(19-7-3-1-4-8-19)17-25(31-27)20-9-5-2-6-10-20/h1-14,17H,15-16H2,(H,30,32). The number of halogens is 1. The highest BCUT2D eigenvalue weighted by Crippen LogP contribution is 2.34. The summed E-state index contributed by atoms with van der Waals surface area (Å²) in [5, 5.41) is 13.5. The maximum absolute atomic E-state index is 12.4. The molecule has 0 radical (unpaired) electrons. The third kappa shape index (κ3) is 6.01. The molecule has 3 aromatic carbocycles. The van der Waals surface area contributed by atoms with Crippen LogP contribution in [0.25, 0.3) is 22.4 Å². The zero-order valence-electron chi connectivity index (χ0n) is 17.7. The smallest absolute Gasteiger partial charge is 0.225 e. The van der Waals surface area contributed by atoms with E-state index in [1.165, 1.54) is 11.8 Å². The Morgan fingerprint density at radius 2 is 1.58 bits per heavy atom. The first-order chi connectivity index (χ1) is 16.1. The van der Waals surface area contributed by atoms with Gasteiger partial charge >= 0.3 is 0 Å². The van der Waals surface area contributed by atoms with E-state index in [1.807, 2.05) is 91.0 Å². The minimum absolute atomic E-state index is 0.0651. The zero-order chi connectivity index (χ0) is 23.0. The first kappa shape index (κ1) is 23.0. The third-order valence-corrected chi connectivity index (χ3v) is 6.64. The summed E-state index contributed by atoms with van der Waals surface area (Å²) in [6, 6.07) is 31.8. The zero-order valence-corrected chi connectivity index (χ0v) is 20.6. The molecule has 0 aliphatic rings. The lowest BCUT2D eigenvalue weighted by Gasteiger charge is -2.12. The Morgan fingerprint density at radius 3 is 2.21 bits per heavy atom. The van der Waals surface area contributed by atoms with Crippen molar-refractivity contribution in [2.45, 2.75) is 11.4 Å². The van der Waals surface area contributed by atoms with Crippen LogP contribution in [0.15, 0.2) is 96.0 Å². The largest absolute Gasteiger partial charge is 0.326 e. The van der Waals surface area contributed by atoms with Gasteiger partial charge in [-0.3, -0.25) is 4.79 Å². The first-order valence-electron chi connectivity index (χ1n) is 10.4. The fourth-order valence-electron chi connectivity index (χ4n) is 3.33. The molecular weight excluding hydrogens is 541 g/mol. The number of benzene rings is 3. The SMILES string of the molecule is N#Cc1c(-c2ccccc2)cc(-c2ccccc2)nc1SCCC(=O)Nc1ccc(I)cc1. The molecular formula is C27H20IN3OS. The van der Waals surface area contributed by atoms with Gasteiger partial charge in [-0.15, -0.1) is 11.8 Å². The number of aromatic nitrogens is 1. The molecule has 1 aromatic heterocycles. The van der Waals surface area contributed by atoms with Gasteiger partial charge < -0.3 is 5.32 Å². The molecule has 0 aliphatic heterocycles. The van der Waals surface area contributed by atoms with Crippen LogP contribution in [0, 0.1) is 14.9 Å². The van der Waals surface area contributed by atoms with Crippen LogP contribution in [-0.2, 0) is 4.79 Å². The number of nitrogens with one attached hydrogen (secondary N) is 1. The molecule has 162 valence electrons. The minimum atomic E-state index is -0.0651. The van der Waals surface area contributed by atoms with E-state index in [2.05, 4.69) is 34.0 Å². The number of hydrogen-bond donors (Lipinski definition) is 1. The van der Waals surface area contributed by atoms with Gasteiger partial charge in [0.05, 0.1) is 11.3 Å². The van der Waals surface area contributed by atoms with E-state index in [0.717, 1.165) is 31.6 Å². The van der Waals surface area contributed by atoms with Crippen molar-refractivity contribution in [1.29, 1.82) is 5.26 Å². The average Bonchev–Trinajstić information content (AvgIpc) is 2.86. The molecule has 1 heterocycles. The number of pyridine rings is 1. The molecule has 33 heavy (non-hydrogen) atoms. The highest BCUT2D eigenvalue weighted by Gasteiger charge is 2.16. The molecule has 0 aliphatic carbocycles. The summed E-state index contributed by atoms with van der Waals surface area (Å²) in [6.07, 6.45) is 0.319. The summed E-state index contributed by atoms with van der Waals surface area (Å²) in [6.45, 7) is 0. The van der Waals surface area contributed by atoms with Crippen LogP contribution in [0.3, 0.4) is 0 Å². The maximum atomic E-state index is 12.4. The number of thioether (sulfide) groups is 1. The van der Waals surface area contributed by atoms with E-state index in [9.17, 15) is 10.1 Å². The van der Waals surface area contributed by atoms with Crippen LogP contribution in [-0.4, -0.2) is 16.6 Å². The molecule has 4 rings (SSSR count). The molecule has 0 atom stereocenters. The molecule has 6 heteroatoms. The van der Waals surface area contributed by atoms with E-state index in [4.69, 9.17) is 4.98 Å². The molecule has 0 saturated carbocycles. The molecule has 0 bridgehead atoms. The van der Waals surface area contributed by atoms with Gasteiger partial charge in [0, 0.05) is 32.6 Å². The molecule has 0 spiro atoms. The topological polar surface area (TPSA) is 65.8 Å². The summed E-state index contributed by atoms with van der Waals surface area (Å²) in [7, 11) is 0. The fraction of sp³-hybridized carbons (Fsp3) is 0.0741. The molecule has 0 saturated heterocycles. The van der Waals surface area contributed by atoms with Gasteiger partial charge in [0.15, 0.2) is 0 Å². The first-order valence-corrected chi connectivity index (χ1v) is 12.4. The predicted octanol–water partition coefficient (Wildman–Crippen LogP) is 7.01. The number of nitriles is 1. The Kier molecular flexibility index (Phi) is 7.76. The average molecular weight is 561 g/mol. The van der Waals surface area contributed by atoms with Crippen molar-refractivity contribution in [2.24, 2.45) is 0 Å². The van der Waals surface area contributed by atoms with Crippen molar-refractivity contribution in [2.75, 3.05) is 11.1 Å². The number of amides is 1. The quantitative estimate of drug-likeness (QED) is 0.195. The van der Waals surface area contributed by atoms with E-state index >= 15 is 0 Å². The molecule has 4 nitrogen and oxygen atoms in total. The van der Waals surface area contributed by atoms with E-state index < -0.39 is 0 Å². The van der Waals surface area contributed by atoms with Crippen molar-refractivity contribution < 1.29 is 4.79 Å². The third-order valence-electron chi connectivity index (χ3n) is 4.95. The van der Waals surface area contributed by atoms with Crippen LogP contribution >= 0.6 is 34.4 Å². The van der Waals surface area contributed by atoms with Gasteiger partial charge in [0.1, 0.15) is 11.1 Å². The van der Waals surface area contributed by atoms with Crippen LogP contribution in [0.2, 0.25) is 0 Å². The Labute approximate surface area is 211 Å². The molecule has 0 unspecified atom stereocenters. The second kappa shape index (κ2) is 11.1. The lowest BCUT2D eigenvalue weighted by molar-refractivity contribution is -0.115. The molecule has 4 aromatic rings. The lowest BCUT2D eigenvalue weighted by atomic mass is 9.99. The molecule has 1 amide bonds. The Hall–Kier alpha value is -3.15. The normalized spacial score (nSPS) is 10.4. The van der Waals surface area contributed by atoms with Gasteiger partial charge in [0.2, 0.25) is 5.91 Å².